The second kappa shape index (κ2) is 20.0. The van der Waals surface area contributed by atoms with Crippen LogP contribution in [0.25, 0.3) is 0 Å². The number of ether oxygens (including phenoxy) is 6. The molecule has 0 spiro atoms. The third-order valence-electron chi connectivity index (χ3n) is 11.0. The maximum Gasteiger partial charge on any atom is 0.412 e. The molecule has 5 heterocycles. The van der Waals surface area contributed by atoms with Crippen LogP contribution in [0.15, 0.2) is 65.8 Å². The largest absolute Gasteiger partial charge is 0.493 e. The van der Waals surface area contributed by atoms with Crippen LogP contribution in [0, 0.1) is 5.92 Å². The minimum Gasteiger partial charge on any atom is -0.493 e. The number of hydrogen-bond donors (Lipinski definition) is 2. The van der Waals surface area contributed by atoms with E-state index in [2.05, 4.69) is 23.8 Å². The van der Waals surface area contributed by atoms with Crippen LogP contribution in [0.5, 0.6) is 23.0 Å². The average Bonchev–Trinajstić information content (AvgIpc) is 3.98. The fraction of sp³-hybridized carbons (Fsp3) is 0.488. The second-order valence-electron chi connectivity index (χ2n) is 15.3. The van der Waals surface area contributed by atoms with Gasteiger partial charge in [0.2, 0.25) is 0 Å². The first-order chi connectivity index (χ1) is 29.1. The molecule has 0 bridgehead atoms. The molecule has 4 atom stereocenters. The van der Waals surface area contributed by atoms with Gasteiger partial charge >= 0.3 is 6.09 Å². The number of nitrogens with two attached hydrogens (primary N) is 1. The lowest BCUT2D eigenvalue weighted by molar-refractivity contribution is -0.0202. The summed E-state index contributed by atoms with van der Waals surface area (Å²) in [6.45, 7) is 9.70. The van der Waals surface area contributed by atoms with Gasteiger partial charge in [-0.15, -0.1) is 0 Å². The van der Waals surface area contributed by atoms with Gasteiger partial charge in [-0.25, -0.2) is 9.78 Å². The summed E-state index contributed by atoms with van der Waals surface area (Å²) in [5.41, 5.74) is 9.45. The number of aromatic nitrogens is 1. The van der Waals surface area contributed by atoms with E-state index in [1.54, 1.807) is 52.1 Å². The Bertz CT molecular complexity index is 2030. The number of nitrogens with zero attached hydrogens (tertiary/aromatic N) is 4. The number of fused-ring (bicyclic) bond motifs is 2. The Morgan fingerprint density at radius 1 is 1.00 bits per heavy atom. The number of unbranched alkanes of at least 4 members (excludes halogenated alkanes) is 2. The average molecular weight is 863 g/mol. The number of methoxy groups -OCH3 is 2. The quantitative estimate of drug-likeness (QED) is 0.0646. The van der Waals surface area contributed by atoms with Gasteiger partial charge in [-0.1, -0.05) is 35.9 Å². The predicted molar refractivity (Wildman–Crippen MR) is 231 cm³/mol. The molecule has 60 heavy (non-hydrogen) atoms. The van der Waals surface area contributed by atoms with E-state index in [9.17, 15) is 14.4 Å². The number of anilines is 2. The van der Waals surface area contributed by atoms with Gasteiger partial charge in [0.1, 0.15) is 11.6 Å². The number of rotatable bonds is 17. The molecule has 0 radical (unpaired) electrons. The first kappa shape index (κ1) is 43.1. The predicted octanol–water partition coefficient (Wildman–Crippen LogP) is 6.59. The van der Waals surface area contributed by atoms with Crippen LogP contribution in [-0.4, -0.2) is 128 Å². The number of carbonyl (C=O) groups excluding carboxylic acids is 3. The molecule has 0 aliphatic carbocycles. The first-order valence-electron chi connectivity index (χ1n) is 20.4. The highest BCUT2D eigenvalue weighted by Gasteiger charge is 2.46. The highest BCUT2D eigenvalue weighted by atomic mass is 33.1. The molecule has 17 heteroatoms. The zero-order valence-corrected chi connectivity index (χ0v) is 36.0. The van der Waals surface area contributed by atoms with Gasteiger partial charge in [-0.2, -0.15) is 0 Å². The number of nitrogen functional groups attached to an aromatic ring is 1. The Morgan fingerprint density at radius 2 is 1.77 bits per heavy atom. The van der Waals surface area contributed by atoms with E-state index in [0.717, 1.165) is 42.0 Å². The number of hydrogen-bond acceptors (Lipinski definition) is 14. The van der Waals surface area contributed by atoms with Crippen LogP contribution >= 0.6 is 21.6 Å². The van der Waals surface area contributed by atoms with Crippen LogP contribution in [0.1, 0.15) is 59.7 Å². The number of benzene rings is 2. The van der Waals surface area contributed by atoms with Crippen molar-refractivity contribution in [2.24, 2.45) is 5.92 Å². The van der Waals surface area contributed by atoms with E-state index in [0.29, 0.717) is 92.3 Å². The lowest BCUT2D eigenvalue weighted by atomic mass is 10.1. The molecular formula is C43H54N6O9S2. The fourth-order valence-corrected chi connectivity index (χ4v) is 9.81. The maximum absolute atomic E-state index is 14.2. The molecule has 0 saturated carbocycles. The highest BCUT2D eigenvalue weighted by Crippen LogP contribution is 2.39. The van der Waals surface area contributed by atoms with Crippen LogP contribution in [0.2, 0.25) is 0 Å². The second-order valence-corrected chi connectivity index (χ2v) is 17.8. The first-order valence-corrected chi connectivity index (χ1v) is 22.7. The standard InChI is InChI=1S/C43H54N6O9S2/c1-27-18-29-24-46-33-23-38(36(54-4)21-31(33)41(51)48(29)25-27)56-14-9-5-8-13-55-37-22-32(44)30(20-35(37)53-3)40(50)49-26-28(2)19-34(49)42-47(12-15-57-42)43(52)58-16-17-59-60-39-10-6-7-11-45-39/h6-7,10-11,20-23,28-29,34,42,46H,1,5,8-9,12-19,24-26,44H2,2-4H3/t28?,29-,34-,42?/m0/s1. The zero-order valence-electron chi connectivity index (χ0n) is 34.4. The molecule has 3 N–H and O–H groups in total. The van der Waals surface area contributed by atoms with Crippen molar-refractivity contribution in [3.63, 3.8) is 0 Å². The van der Waals surface area contributed by atoms with Crippen molar-refractivity contribution in [3.05, 3.63) is 71.9 Å². The highest BCUT2D eigenvalue weighted by molar-refractivity contribution is 8.76. The van der Waals surface area contributed by atoms with Gasteiger partial charge in [0.05, 0.1) is 69.5 Å². The van der Waals surface area contributed by atoms with Crippen LogP contribution in [0.3, 0.4) is 0 Å². The van der Waals surface area contributed by atoms with Gasteiger partial charge < -0.3 is 49.3 Å². The Labute approximate surface area is 359 Å². The summed E-state index contributed by atoms with van der Waals surface area (Å²) < 4.78 is 35.2. The molecule has 15 nitrogen and oxygen atoms in total. The topological polar surface area (TPSA) is 167 Å². The number of carbonyl (C=O) groups is 3. The van der Waals surface area contributed by atoms with Crippen molar-refractivity contribution in [2.45, 2.75) is 62.4 Å². The molecule has 3 fully saturated rings. The summed E-state index contributed by atoms with van der Waals surface area (Å²) in [7, 11) is 6.19. The summed E-state index contributed by atoms with van der Waals surface area (Å²) in [6.07, 6.45) is 4.44. The van der Waals surface area contributed by atoms with Crippen LogP contribution in [0.4, 0.5) is 16.2 Å². The molecule has 2 aromatic carbocycles. The molecule has 3 amide bonds. The van der Waals surface area contributed by atoms with E-state index in [1.165, 1.54) is 17.9 Å². The van der Waals surface area contributed by atoms with E-state index >= 15 is 0 Å². The Kier molecular flexibility index (Phi) is 14.4. The summed E-state index contributed by atoms with van der Waals surface area (Å²) in [5, 5.41) is 4.31. The van der Waals surface area contributed by atoms with Crippen molar-refractivity contribution in [1.82, 2.24) is 19.7 Å². The molecular weight excluding hydrogens is 809 g/mol. The Morgan fingerprint density at radius 3 is 2.52 bits per heavy atom. The summed E-state index contributed by atoms with van der Waals surface area (Å²) in [6, 6.07) is 12.3. The number of amides is 3. The molecule has 4 aliphatic heterocycles. The molecule has 7 rings (SSSR count). The van der Waals surface area contributed by atoms with Crippen molar-refractivity contribution < 1.29 is 42.8 Å². The van der Waals surface area contributed by atoms with Gasteiger partial charge in [0, 0.05) is 49.4 Å². The Hall–Kier alpha value is -5.00. The molecule has 1 aromatic heterocycles. The third kappa shape index (κ3) is 9.95. The van der Waals surface area contributed by atoms with Gasteiger partial charge in [-0.3, -0.25) is 14.5 Å². The van der Waals surface area contributed by atoms with Crippen molar-refractivity contribution in [3.8, 4) is 23.0 Å². The van der Waals surface area contributed by atoms with Crippen LogP contribution in [-0.2, 0) is 9.47 Å². The molecule has 3 saturated heterocycles. The number of likely N-dealkylation sites (tertiary alicyclic amines) is 1. The van der Waals surface area contributed by atoms with E-state index in [4.69, 9.17) is 34.2 Å². The van der Waals surface area contributed by atoms with Crippen LogP contribution < -0.4 is 30.0 Å². The maximum atomic E-state index is 14.2. The van der Waals surface area contributed by atoms with Crippen molar-refractivity contribution >= 4 is 50.9 Å². The lowest BCUT2D eigenvalue weighted by Crippen LogP contribution is -2.51. The smallest absolute Gasteiger partial charge is 0.412 e. The zero-order chi connectivity index (χ0) is 42.2. The molecule has 2 unspecified atom stereocenters. The molecule has 4 aliphatic rings. The Balaban J connectivity index is 0.883. The minimum atomic E-state index is -0.634. The lowest BCUT2D eigenvalue weighted by Gasteiger charge is -2.33. The summed E-state index contributed by atoms with van der Waals surface area (Å²) in [4.78, 5) is 50.2. The monoisotopic (exact) mass is 862 g/mol. The minimum absolute atomic E-state index is 0.0293. The van der Waals surface area contributed by atoms with Gasteiger partial charge in [0.25, 0.3) is 11.8 Å². The number of pyridine rings is 1. The fourth-order valence-electron chi connectivity index (χ4n) is 8.11. The SMILES string of the molecule is C=C1C[C@H]2CNc3cc(OCCCCCOc4cc(N)c(C(=O)N5CC(C)C[C@H]5C5OCCN5C(=O)OCCSSc5ccccn5)cc4OC)c(OC)cc3C(=O)N2C1. The molecule has 322 valence electrons. The molecule has 3 aromatic rings. The summed E-state index contributed by atoms with van der Waals surface area (Å²) >= 11 is 0. The van der Waals surface area contributed by atoms with Crippen molar-refractivity contribution in [2.75, 3.05) is 83.6 Å². The van der Waals surface area contributed by atoms with Gasteiger partial charge in [-0.05, 0) is 73.1 Å². The normalized spacial score (nSPS) is 20.9. The van der Waals surface area contributed by atoms with E-state index < -0.39 is 12.3 Å². The van der Waals surface area contributed by atoms with E-state index in [-0.39, 0.29) is 42.1 Å². The summed E-state index contributed by atoms with van der Waals surface area (Å²) in [5.74, 6) is 2.42. The third-order valence-corrected chi connectivity index (χ3v) is 13.3. The van der Waals surface area contributed by atoms with E-state index in [1.807, 2.05) is 29.2 Å². The number of nitrogens with one attached hydrogen (secondary N) is 1. The van der Waals surface area contributed by atoms with Gasteiger partial charge in [0.15, 0.2) is 29.2 Å². The van der Waals surface area contributed by atoms with Crippen molar-refractivity contribution in [1.29, 1.82) is 0 Å².